The van der Waals surface area contributed by atoms with Crippen LogP contribution in [-0.4, -0.2) is 18.9 Å². The van der Waals surface area contributed by atoms with Gasteiger partial charge in [0, 0.05) is 18.4 Å². The molecule has 0 bridgehead atoms. The number of anilines is 2. The van der Waals surface area contributed by atoms with Crippen LogP contribution in [0.2, 0.25) is 0 Å². The summed E-state index contributed by atoms with van der Waals surface area (Å²) in [5.74, 6) is 0.0441. The topological polar surface area (TPSA) is 49.4 Å². The minimum absolute atomic E-state index is 0.0501. The molecule has 4 nitrogen and oxygen atoms in total. The van der Waals surface area contributed by atoms with Gasteiger partial charge in [0.05, 0.1) is 12.8 Å². The summed E-state index contributed by atoms with van der Waals surface area (Å²) in [7, 11) is 1.78. The molecule has 1 N–H and O–H groups in total. The minimum atomic E-state index is -0.0501. The third-order valence-electron chi connectivity index (χ3n) is 4.38. The molecule has 2 amide bonds. The lowest BCUT2D eigenvalue weighted by Crippen LogP contribution is -2.20. The zero-order valence-corrected chi connectivity index (χ0v) is 13.6. The molecule has 3 rings (SSSR count). The van der Waals surface area contributed by atoms with Gasteiger partial charge >= 0.3 is 0 Å². The molecule has 0 fully saturated rings. The van der Waals surface area contributed by atoms with Crippen LogP contribution in [0.3, 0.4) is 0 Å². The lowest BCUT2D eigenvalue weighted by Gasteiger charge is -2.11. The number of amides is 2. The summed E-state index contributed by atoms with van der Waals surface area (Å²) in [5, 5.41) is 2.93. The fourth-order valence-electron chi connectivity index (χ4n) is 2.84. The van der Waals surface area contributed by atoms with Crippen LogP contribution in [0.25, 0.3) is 0 Å². The number of aryl methyl sites for hydroxylation is 2. The van der Waals surface area contributed by atoms with Gasteiger partial charge in [0.1, 0.15) is 0 Å². The molecule has 0 spiro atoms. The molecule has 0 unspecified atom stereocenters. The van der Waals surface area contributed by atoms with E-state index in [1.54, 1.807) is 11.9 Å². The van der Waals surface area contributed by atoms with Crippen molar-refractivity contribution in [1.82, 2.24) is 0 Å². The lowest BCUT2D eigenvalue weighted by atomic mass is 10.1. The molecule has 118 valence electrons. The van der Waals surface area contributed by atoms with Gasteiger partial charge in [-0.05, 0) is 54.3 Å². The summed E-state index contributed by atoms with van der Waals surface area (Å²) in [6.07, 6.45) is 0.719. The van der Waals surface area contributed by atoms with E-state index < -0.39 is 0 Å². The molecule has 0 aromatic heterocycles. The van der Waals surface area contributed by atoms with Crippen molar-refractivity contribution in [2.45, 2.75) is 26.7 Å². The van der Waals surface area contributed by atoms with Crippen molar-refractivity contribution in [3.63, 3.8) is 0 Å². The van der Waals surface area contributed by atoms with Crippen LogP contribution >= 0.6 is 0 Å². The van der Waals surface area contributed by atoms with E-state index in [2.05, 4.69) is 5.32 Å². The first-order chi connectivity index (χ1) is 10.9. The minimum Gasteiger partial charge on any atom is -0.326 e. The highest BCUT2D eigenvalue weighted by Crippen LogP contribution is 2.28. The van der Waals surface area contributed by atoms with E-state index in [-0.39, 0.29) is 11.8 Å². The average molecular weight is 308 g/mol. The van der Waals surface area contributed by atoms with Crippen molar-refractivity contribution in [3.8, 4) is 0 Å². The first-order valence-corrected chi connectivity index (χ1v) is 7.69. The van der Waals surface area contributed by atoms with E-state index in [1.807, 2.05) is 50.2 Å². The Hall–Kier alpha value is -2.62. The van der Waals surface area contributed by atoms with Crippen LogP contribution < -0.4 is 10.2 Å². The van der Waals surface area contributed by atoms with E-state index >= 15 is 0 Å². The Morgan fingerprint density at radius 3 is 2.65 bits per heavy atom. The summed E-state index contributed by atoms with van der Waals surface area (Å²) >= 11 is 0. The second kappa shape index (κ2) is 5.88. The van der Waals surface area contributed by atoms with E-state index in [9.17, 15) is 9.59 Å². The molecular formula is C19H20N2O2. The molecule has 1 aliphatic rings. The van der Waals surface area contributed by atoms with Gasteiger partial charge in [-0.1, -0.05) is 18.2 Å². The number of nitrogens with zero attached hydrogens (tertiary/aromatic N) is 1. The van der Waals surface area contributed by atoms with Gasteiger partial charge in [0.25, 0.3) is 0 Å². The summed E-state index contributed by atoms with van der Waals surface area (Å²) in [5.41, 5.74) is 6.03. The average Bonchev–Trinajstić information content (AvgIpc) is 2.77. The maximum atomic E-state index is 12.2. The molecule has 1 heterocycles. The summed E-state index contributed by atoms with van der Waals surface area (Å²) in [6.45, 7) is 4.07. The van der Waals surface area contributed by atoms with Gasteiger partial charge in [-0.2, -0.15) is 0 Å². The smallest absolute Gasteiger partial charge is 0.231 e. The molecule has 0 saturated carbocycles. The standard InChI is InChI=1S/C19H20N2O2/c1-12-4-6-16(8-13(12)2)20-18(22)10-14-5-7-17-15(9-14)11-19(23)21(17)3/h4-9H,10-11H2,1-3H3,(H,20,22). The third-order valence-corrected chi connectivity index (χ3v) is 4.38. The number of rotatable bonds is 3. The van der Waals surface area contributed by atoms with E-state index in [1.165, 1.54) is 5.56 Å². The van der Waals surface area contributed by atoms with Gasteiger partial charge < -0.3 is 10.2 Å². The number of fused-ring (bicyclic) bond motifs is 1. The fourth-order valence-corrected chi connectivity index (χ4v) is 2.84. The number of nitrogens with one attached hydrogen (secondary N) is 1. The van der Waals surface area contributed by atoms with Crippen LogP contribution in [0.15, 0.2) is 36.4 Å². The molecule has 0 aliphatic carbocycles. The Morgan fingerprint density at radius 2 is 1.91 bits per heavy atom. The van der Waals surface area contributed by atoms with Crippen LogP contribution in [-0.2, 0) is 22.4 Å². The van der Waals surface area contributed by atoms with Gasteiger partial charge in [-0.15, -0.1) is 0 Å². The highest BCUT2D eigenvalue weighted by atomic mass is 16.2. The quantitative estimate of drug-likeness (QED) is 0.947. The largest absolute Gasteiger partial charge is 0.326 e. The summed E-state index contributed by atoms with van der Waals surface area (Å²) < 4.78 is 0. The number of hydrogen-bond donors (Lipinski definition) is 1. The van der Waals surface area contributed by atoms with E-state index in [0.717, 1.165) is 28.1 Å². The summed E-state index contributed by atoms with van der Waals surface area (Å²) in [6, 6.07) is 11.7. The number of carbonyl (C=O) groups excluding carboxylic acids is 2. The maximum Gasteiger partial charge on any atom is 0.231 e. The zero-order valence-electron chi connectivity index (χ0n) is 13.6. The Balaban J connectivity index is 1.70. The zero-order chi connectivity index (χ0) is 16.6. The van der Waals surface area contributed by atoms with Gasteiger partial charge in [-0.25, -0.2) is 0 Å². The first-order valence-electron chi connectivity index (χ1n) is 7.69. The predicted molar refractivity (Wildman–Crippen MR) is 91.8 cm³/mol. The third kappa shape index (κ3) is 3.11. The lowest BCUT2D eigenvalue weighted by molar-refractivity contribution is -0.117. The predicted octanol–water partition coefficient (Wildman–Crippen LogP) is 3.00. The molecule has 23 heavy (non-hydrogen) atoms. The maximum absolute atomic E-state index is 12.2. The van der Waals surface area contributed by atoms with Crippen molar-refractivity contribution >= 4 is 23.2 Å². The Labute approximate surface area is 136 Å². The molecule has 2 aromatic carbocycles. The van der Waals surface area contributed by atoms with Crippen molar-refractivity contribution < 1.29 is 9.59 Å². The van der Waals surface area contributed by atoms with Crippen molar-refractivity contribution in [2.24, 2.45) is 0 Å². The number of hydrogen-bond acceptors (Lipinski definition) is 2. The molecule has 1 aliphatic heterocycles. The Bertz CT molecular complexity index is 796. The highest BCUT2D eigenvalue weighted by molar-refractivity contribution is 6.01. The van der Waals surface area contributed by atoms with Gasteiger partial charge in [-0.3, -0.25) is 9.59 Å². The molecule has 0 radical (unpaired) electrons. The van der Waals surface area contributed by atoms with Gasteiger partial charge in [0.15, 0.2) is 0 Å². The number of carbonyl (C=O) groups is 2. The SMILES string of the molecule is Cc1ccc(NC(=O)Cc2ccc3c(c2)CC(=O)N3C)cc1C. The number of likely N-dealkylation sites (N-methyl/N-ethyl adjacent to an activating group) is 1. The van der Waals surface area contributed by atoms with Crippen LogP contribution in [0.4, 0.5) is 11.4 Å². The molecule has 4 heteroatoms. The normalized spacial score (nSPS) is 13.2. The van der Waals surface area contributed by atoms with Crippen molar-refractivity contribution in [1.29, 1.82) is 0 Å². The molecular weight excluding hydrogens is 288 g/mol. The molecule has 0 atom stereocenters. The molecule has 0 saturated heterocycles. The Morgan fingerprint density at radius 1 is 1.13 bits per heavy atom. The second-order valence-corrected chi connectivity index (χ2v) is 6.12. The van der Waals surface area contributed by atoms with Crippen molar-refractivity contribution in [2.75, 3.05) is 17.3 Å². The highest BCUT2D eigenvalue weighted by Gasteiger charge is 2.24. The second-order valence-electron chi connectivity index (χ2n) is 6.12. The fraction of sp³-hybridized carbons (Fsp3) is 0.263. The van der Waals surface area contributed by atoms with Crippen molar-refractivity contribution in [3.05, 3.63) is 58.7 Å². The molecule has 2 aromatic rings. The van der Waals surface area contributed by atoms with E-state index in [0.29, 0.717) is 12.8 Å². The van der Waals surface area contributed by atoms with Crippen LogP contribution in [0.1, 0.15) is 22.3 Å². The van der Waals surface area contributed by atoms with Crippen LogP contribution in [0.5, 0.6) is 0 Å². The summed E-state index contributed by atoms with van der Waals surface area (Å²) in [4.78, 5) is 25.6. The monoisotopic (exact) mass is 308 g/mol. The van der Waals surface area contributed by atoms with Crippen LogP contribution in [0, 0.1) is 13.8 Å². The Kier molecular flexibility index (Phi) is 3.90. The van der Waals surface area contributed by atoms with Gasteiger partial charge in [0.2, 0.25) is 11.8 Å². The van der Waals surface area contributed by atoms with E-state index in [4.69, 9.17) is 0 Å². The number of benzene rings is 2. The first kappa shape index (κ1) is 15.3.